The maximum absolute atomic E-state index is 12.6. The van der Waals surface area contributed by atoms with E-state index in [9.17, 15) is 9.59 Å². The summed E-state index contributed by atoms with van der Waals surface area (Å²) in [6.07, 6.45) is 3.21. The first-order valence-corrected chi connectivity index (χ1v) is 8.17. The van der Waals surface area contributed by atoms with E-state index in [-0.39, 0.29) is 22.5 Å². The minimum absolute atomic E-state index is 0.0454. The summed E-state index contributed by atoms with van der Waals surface area (Å²) in [6.45, 7) is 12.2. The van der Waals surface area contributed by atoms with Crippen molar-refractivity contribution < 1.29 is 9.59 Å². The molecule has 0 saturated carbocycles. The standard InChI is InChI=1S/C21H25NO2/c1-20(2,3)16-12-15(23)13-17(21(4,5)6)18(16)22-19(24)14-10-8-7-9-11-14/h7-13H,1-6H3. The summed E-state index contributed by atoms with van der Waals surface area (Å²) >= 11 is 0. The summed E-state index contributed by atoms with van der Waals surface area (Å²) in [5.74, 6) is -0.332. The van der Waals surface area contributed by atoms with Gasteiger partial charge in [-0.1, -0.05) is 59.7 Å². The molecule has 1 amide bonds. The number of rotatable bonds is 1. The van der Waals surface area contributed by atoms with E-state index in [0.717, 1.165) is 11.1 Å². The minimum Gasteiger partial charge on any atom is -0.290 e. The number of carbonyl (C=O) groups is 2. The van der Waals surface area contributed by atoms with Crippen LogP contribution in [-0.4, -0.2) is 17.4 Å². The Hall–Kier alpha value is -2.29. The predicted octanol–water partition coefficient (Wildman–Crippen LogP) is 4.80. The van der Waals surface area contributed by atoms with Crippen LogP contribution in [0.2, 0.25) is 0 Å². The number of benzene rings is 1. The van der Waals surface area contributed by atoms with Crippen LogP contribution in [-0.2, 0) is 4.79 Å². The van der Waals surface area contributed by atoms with Crippen molar-refractivity contribution in [1.82, 2.24) is 0 Å². The second-order valence-electron chi connectivity index (χ2n) is 8.15. The predicted molar refractivity (Wildman–Crippen MR) is 98.3 cm³/mol. The third-order valence-electron chi connectivity index (χ3n) is 3.93. The quantitative estimate of drug-likeness (QED) is 0.697. The molecular weight excluding hydrogens is 298 g/mol. The second kappa shape index (κ2) is 6.31. The van der Waals surface area contributed by atoms with Gasteiger partial charge in [-0.05, 0) is 46.3 Å². The summed E-state index contributed by atoms with van der Waals surface area (Å²) < 4.78 is 0. The lowest BCUT2D eigenvalue weighted by atomic mass is 9.72. The fourth-order valence-corrected chi connectivity index (χ4v) is 2.62. The lowest BCUT2D eigenvalue weighted by Gasteiger charge is -2.33. The highest BCUT2D eigenvalue weighted by molar-refractivity contribution is 6.26. The Labute approximate surface area is 144 Å². The molecule has 1 aliphatic rings. The molecule has 0 aliphatic heterocycles. The molecule has 0 heterocycles. The van der Waals surface area contributed by atoms with Gasteiger partial charge in [-0.3, -0.25) is 9.59 Å². The number of allylic oxidation sites excluding steroid dienone is 4. The van der Waals surface area contributed by atoms with Crippen molar-refractivity contribution in [2.45, 2.75) is 41.5 Å². The van der Waals surface area contributed by atoms with Crippen molar-refractivity contribution >= 4 is 17.4 Å². The lowest BCUT2D eigenvalue weighted by molar-refractivity contribution is -0.110. The van der Waals surface area contributed by atoms with Crippen LogP contribution in [0.1, 0.15) is 51.9 Å². The van der Waals surface area contributed by atoms with E-state index in [2.05, 4.69) is 4.99 Å². The van der Waals surface area contributed by atoms with Crippen molar-refractivity contribution in [3.8, 4) is 0 Å². The van der Waals surface area contributed by atoms with Crippen LogP contribution >= 0.6 is 0 Å². The first-order valence-electron chi connectivity index (χ1n) is 8.17. The summed E-state index contributed by atoms with van der Waals surface area (Å²) in [5.41, 5.74) is 2.23. The van der Waals surface area contributed by atoms with Gasteiger partial charge in [-0.2, -0.15) is 0 Å². The topological polar surface area (TPSA) is 46.5 Å². The molecule has 0 fully saturated rings. The largest absolute Gasteiger partial charge is 0.290 e. The Bertz CT molecular complexity index is 715. The first-order chi connectivity index (χ1) is 11.0. The number of nitrogens with zero attached hydrogens (tertiary/aromatic N) is 1. The van der Waals surface area contributed by atoms with E-state index in [1.54, 1.807) is 24.3 Å². The van der Waals surface area contributed by atoms with E-state index in [4.69, 9.17) is 0 Å². The molecular formula is C21H25NO2. The first kappa shape index (κ1) is 18.1. The zero-order valence-corrected chi connectivity index (χ0v) is 15.3. The fourth-order valence-electron chi connectivity index (χ4n) is 2.62. The summed E-state index contributed by atoms with van der Waals surface area (Å²) in [6, 6.07) is 9.00. The Morgan fingerprint density at radius 2 is 1.29 bits per heavy atom. The zero-order valence-electron chi connectivity index (χ0n) is 15.3. The lowest BCUT2D eigenvalue weighted by Crippen LogP contribution is -2.30. The van der Waals surface area contributed by atoms with Crippen molar-refractivity contribution in [3.63, 3.8) is 0 Å². The van der Waals surface area contributed by atoms with Crippen LogP contribution in [0.25, 0.3) is 0 Å². The van der Waals surface area contributed by atoms with E-state index in [0.29, 0.717) is 11.3 Å². The average Bonchev–Trinajstić information content (AvgIpc) is 2.47. The number of hydrogen-bond acceptors (Lipinski definition) is 2. The van der Waals surface area contributed by atoms with Gasteiger partial charge in [-0.15, -0.1) is 0 Å². The zero-order chi connectivity index (χ0) is 18.1. The molecule has 0 bridgehead atoms. The molecule has 126 valence electrons. The average molecular weight is 323 g/mol. The van der Waals surface area contributed by atoms with Crippen LogP contribution in [0, 0.1) is 10.8 Å². The van der Waals surface area contributed by atoms with Crippen LogP contribution in [0.5, 0.6) is 0 Å². The highest BCUT2D eigenvalue weighted by Crippen LogP contribution is 2.37. The van der Waals surface area contributed by atoms with E-state index in [1.807, 2.05) is 59.7 Å². The van der Waals surface area contributed by atoms with Gasteiger partial charge in [0.05, 0.1) is 5.71 Å². The Kier molecular flexibility index (Phi) is 4.75. The number of carbonyl (C=O) groups excluding carboxylic acids is 2. The van der Waals surface area contributed by atoms with Crippen LogP contribution in [0.15, 0.2) is 58.6 Å². The van der Waals surface area contributed by atoms with Gasteiger partial charge in [0.1, 0.15) is 0 Å². The van der Waals surface area contributed by atoms with Gasteiger partial charge >= 0.3 is 0 Å². The van der Waals surface area contributed by atoms with E-state index < -0.39 is 0 Å². The fraction of sp³-hybridized carbons (Fsp3) is 0.381. The molecule has 0 atom stereocenters. The molecule has 1 aromatic carbocycles. The van der Waals surface area contributed by atoms with Crippen molar-refractivity contribution in [2.75, 3.05) is 0 Å². The van der Waals surface area contributed by atoms with Crippen LogP contribution < -0.4 is 0 Å². The maximum atomic E-state index is 12.6. The van der Waals surface area contributed by atoms with Gasteiger partial charge in [0.2, 0.25) is 0 Å². The summed E-state index contributed by atoms with van der Waals surface area (Å²) in [4.78, 5) is 29.2. The molecule has 0 N–H and O–H groups in total. The second-order valence-corrected chi connectivity index (χ2v) is 8.15. The van der Waals surface area contributed by atoms with Gasteiger partial charge < -0.3 is 0 Å². The highest BCUT2D eigenvalue weighted by atomic mass is 16.1. The Balaban J connectivity index is 2.61. The van der Waals surface area contributed by atoms with Gasteiger partial charge in [0, 0.05) is 5.56 Å². The molecule has 1 aromatic rings. The van der Waals surface area contributed by atoms with Gasteiger partial charge in [0.25, 0.3) is 5.91 Å². The number of amides is 1. The molecule has 0 spiro atoms. The van der Waals surface area contributed by atoms with E-state index in [1.165, 1.54) is 0 Å². The van der Waals surface area contributed by atoms with Gasteiger partial charge in [-0.25, -0.2) is 4.99 Å². The molecule has 0 unspecified atom stereocenters. The van der Waals surface area contributed by atoms with Crippen LogP contribution in [0.4, 0.5) is 0 Å². The Morgan fingerprint density at radius 1 is 0.833 bits per heavy atom. The van der Waals surface area contributed by atoms with Gasteiger partial charge in [0.15, 0.2) is 5.78 Å². The highest BCUT2D eigenvalue weighted by Gasteiger charge is 2.34. The summed E-state index contributed by atoms with van der Waals surface area (Å²) in [5, 5.41) is 0. The minimum atomic E-state index is -0.287. The maximum Gasteiger partial charge on any atom is 0.277 e. The molecule has 1 aliphatic carbocycles. The van der Waals surface area contributed by atoms with Crippen LogP contribution in [0.3, 0.4) is 0 Å². The van der Waals surface area contributed by atoms with Crippen molar-refractivity contribution in [1.29, 1.82) is 0 Å². The van der Waals surface area contributed by atoms with E-state index >= 15 is 0 Å². The number of ketones is 1. The molecule has 0 saturated heterocycles. The molecule has 3 nitrogen and oxygen atoms in total. The smallest absolute Gasteiger partial charge is 0.277 e. The van der Waals surface area contributed by atoms with Crippen molar-refractivity contribution in [2.24, 2.45) is 15.8 Å². The number of aliphatic imine (C=N–C) groups is 1. The SMILES string of the molecule is CC(C)(C)C1=CC(=O)C=C(C(C)(C)C)C1=NC(=O)c1ccccc1. The normalized spacial score (nSPS) is 15.8. The molecule has 24 heavy (non-hydrogen) atoms. The third-order valence-corrected chi connectivity index (χ3v) is 3.93. The number of hydrogen-bond donors (Lipinski definition) is 0. The summed E-state index contributed by atoms with van der Waals surface area (Å²) in [7, 11) is 0. The van der Waals surface area contributed by atoms with Crippen molar-refractivity contribution in [3.05, 3.63) is 59.2 Å². The third kappa shape index (κ3) is 3.97. The molecule has 0 aromatic heterocycles. The molecule has 2 rings (SSSR count). The molecule has 3 heteroatoms. The molecule has 0 radical (unpaired) electrons. The Morgan fingerprint density at radius 3 is 1.71 bits per heavy atom. The monoisotopic (exact) mass is 323 g/mol.